The Morgan fingerprint density at radius 2 is 1.62 bits per heavy atom. The lowest BCUT2D eigenvalue weighted by atomic mass is 9.94. The summed E-state index contributed by atoms with van der Waals surface area (Å²) in [5.41, 5.74) is 1.74. The van der Waals surface area contributed by atoms with Gasteiger partial charge in [-0.05, 0) is 24.1 Å². The molecule has 3 rings (SSSR count). The number of ketones is 2. The van der Waals surface area contributed by atoms with Gasteiger partial charge in [0.25, 0.3) is 0 Å². The SMILES string of the molecule is CCCOc1cccc(C2C(=O)c3ccccc3C2=O)c1. The van der Waals surface area contributed by atoms with Crippen molar-refractivity contribution in [3.05, 3.63) is 65.2 Å². The molecule has 2 aromatic rings. The number of carbonyl (C=O) groups excluding carboxylic acids is 2. The number of Topliss-reactive ketones (excluding diaryl/α,β-unsaturated/α-hetero) is 2. The number of rotatable bonds is 4. The molecule has 0 saturated carbocycles. The second-order valence-electron chi connectivity index (χ2n) is 5.13. The number of carbonyl (C=O) groups is 2. The van der Waals surface area contributed by atoms with Gasteiger partial charge >= 0.3 is 0 Å². The second-order valence-corrected chi connectivity index (χ2v) is 5.13. The van der Waals surface area contributed by atoms with Crippen molar-refractivity contribution >= 4 is 11.6 Å². The zero-order valence-corrected chi connectivity index (χ0v) is 11.8. The summed E-state index contributed by atoms with van der Waals surface area (Å²) in [7, 11) is 0. The van der Waals surface area contributed by atoms with Crippen LogP contribution in [0.1, 0.15) is 45.5 Å². The van der Waals surface area contributed by atoms with E-state index in [1.165, 1.54) is 0 Å². The van der Waals surface area contributed by atoms with Gasteiger partial charge in [-0.2, -0.15) is 0 Å². The minimum atomic E-state index is -0.729. The summed E-state index contributed by atoms with van der Waals surface area (Å²) in [6.45, 7) is 2.65. The first-order valence-electron chi connectivity index (χ1n) is 7.12. The molecule has 106 valence electrons. The van der Waals surface area contributed by atoms with Gasteiger partial charge in [-0.15, -0.1) is 0 Å². The van der Waals surface area contributed by atoms with E-state index in [1.807, 2.05) is 25.1 Å². The normalized spacial score (nSPS) is 14.3. The average Bonchev–Trinajstić information content (AvgIpc) is 2.78. The van der Waals surface area contributed by atoms with Crippen molar-refractivity contribution in [3.63, 3.8) is 0 Å². The van der Waals surface area contributed by atoms with Gasteiger partial charge < -0.3 is 4.74 Å². The number of benzene rings is 2. The molecular weight excluding hydrogens is 264 g/mol. The first-order valence-corrected chi connectivity index (χ1v) is 7.12. The third-order valence-corrected chi connectivity index (χ3v) is 3.65. The summed E-state index contributed by atoms with van der Waals surface area (Å²) in [4.78, 5) is 24.9. The lowest BCUT2D eigenvalue weighted by molar-refractivity contribution is 0.0890. The highest BCUT2D eigenvalue weighted by Gasteiger charge is 2.39. The van der Waals surface area contributed by atoms with Gasteiger partial charge in [0, 0.05) is 11.1 Å². The summed E-state index contributed by atoms with van der Waals surface area (Å²) >= 11 is 0. The van der Waals surface area contributed by atoms with Crippen molar-refractivity contribution in [2.75, 3.05) is 6.61 Å². The van der Waals surface area contributed by atoms with E-state index in [9.17, 15) is 9.59 Å². The molecule has 0 spiro atoms. The maximum Gasteiger partial charge on any atom is 0.178 e. The Balaban J connectivity index is 1.95. The molecule has 0 aromatic heterocycles. The van der Waals surface area contributed by atoms with Gasteiger partial charge in [0.2, 0.25) is 0 Å². The standard InChI is InChI=1S/C18H16O3/c1-2-10-21-13-7-5-6-12(11-13)16-17(19)14-8-3-4-9-15(14)18(16)20/h3-9,11,16H,2,10H2,1H3. The molecule has 0 unspecified atom stereocenters. The number of ether oxygens (including phenoxy) is 1. The van der Waals surface area contributed by atoms with Crippen LogP contribution in [0.25, 0.3) is 0 Å². The maximum absolute atomic E-state index is 12.5. The van der Waals surface area contributed by atoms with Gasteiger partial charge in [0.1, 0.15) is 11.7 Å². The number of fused-ring (bicyclic) bond motifs is 1. The Morgan fingerprint density at radius 1 is 0.952 bits per heavy atom. The molecule has 0 heterocycles. The van der Waals surface area contributed by atoms with Crippen molar-refractivity contribution in [2.45, 2.75) is 19.3 Å². The van der Waals surface area contributed by atoms with E-state index in [0.717, 1.165) is 6.42 Å². The topological polar surface area (TPSA) is 43.4 Å². The van der Waals surface area contributed by atoms with Crippen LogP contribution >= 0.6 is 0 Å². The summed E-state index contributed by atoms with van der Waals surface area (Å²) in [5.74, 6) is -0.273. The molecule has 0 amide bonds. The molecule has 0 radical (unpaired) electrons. The zero-order valence-electron chi connectivity index (χ0n) is 11.8. The van der Waals surface area contributed by atoms with Crippen LogP contribution in [-0.4, -0.2) is 18.2 Å². The van der Waals surface area contributed by atoms with Gasteiger partial charge in [-0.1, -0.05) is 43.3 Å². The molecule has 3 heteroatoms. The van der Waals surface area contributed by atoms with Gasteiger partial charge in [0.05, 0.1) is 6.61 Å². The van der Waals surface area contributed by atoms with Crippen LogP contribution in [0.4, 0.5) is 0 Å². The minimum absolute atomic E-state index is 0.122. The fourth-order valence-electron chi connectivity index (χ4n) is 2.65. The zero-order chi connectivity index (χ0) is 14.8. The highest BCUT2D eigenvalue weighted by atomic mass is 16.5. The molecule has 1 aliphatic carbocycles. The van der Waals surface area contributed by atoms with E-state index < -0.39 is 5.92 Å². The predicted octanol–water partition coefficient (Wildman–Crippen LogP) is 3.64. The van der Waals surface area contributed by atoms with Gasteiger partial charge in [0.15, 0.2) is 11.6 Å². The van der Waals surface area contributed by atoms with Gasteiger partial charge in [-0.25, -0.2) is 0 Å². The van der Waals surface area contributed by atoms with Crippen LogP contribution < -0.4 is 4.74 Å². The van der Waals surface area contributed by atoms with E-state index in [1.54, 1.807) is 30.3 Å². The first kappa shape index (κ1) is 13.6. The molecule has 0 atom stereocenters. The largest absolute Gasteiger partial charge is 0.494 e. The highest BCUT2D eigenvalue weighted by molar-refractivity contribution is 6.29. The van der Waals surface area contributed by atoms with E-state index in [0.29, 0.717) is 29.0 Å². The monoisotopic (exact) mass is 280 g/mol. The van der Waals surface area contributed by atoms with Crippen molar-refractivity contribution in [1.82, 2.24) is 0 Å². The van der Waals surface area contributed by atoms with Crippen molar-refractivity contribution in [1.29, 1.82) is 0 Å². The minimum Gasteiger partial charge on any atom is -0.494 e. The lowest BCUT2D eigenvalue weighted by Crippen LogP contribution is -2.13. The third-order valence-electron chi connectivity index (χ3n) is 3.65. The molecule has 0 fully saturated rings. The van der Waals surface area contributed by atoms with E-state index in [-0.39, 0.29) is 11.6 Å². The number of hydrogen-bond donors (Lipinski definition) is 0. The molecule has 2 aromatic carbocycles. The van der Waals surface area contributed by atoms with E-state index in [4.69, 9.17) is 4.74 Å². The van der Waals surface area contributed by atoms with Crippen LogP contribution in [0.3, 0.4) is 0 Å². The van der Waals surface area contributed by atoms with E-state index in [2.05, 4.69) is 0 Å². The first-order chi connectivity index (χ1) is 10.2. The summed E-state index contributed by atoms with van der Waals surface area (Å²) in [6.07, 6.45) is 0.914. The van der Waals surface area contributed by atoms with E-state index >= 15 is 0 Å². The molecular formula is C18H16O3. The summed E-state index contributed by atoms with van der Waals surface area (Å²) in [5, 5.41) is 0. The molecule has 21 heavy (non-hydrogen) atoms. The summed E-state index contributed by atoms with van der Waals surface area (Å²) < 4.78 is 5.58. The molecule has 1 aliphatic rings. The highest BCUT2D eigenvalue weighted by Crippen LogP contribution is 2.34. The quantitative estimate of drug-likeness (QED) is 0.803. The molecule has 0 aliphatic heterocycles. The Labute approximate surface area is 123 Å². The Kier molecular flexibility index (Phi) is 3.57. The second kappa shape index (κ2) is 5.52. The molecule has 0 saturated heterocycles. The smallest absolute Gasteiger partial charge is 0.178 e. The Hall–Kier alpha value is -2.42. The Morgan fingerprint density at radius 3 is 2.24 bits per heavy atom. The van der Waals surface area contributed by atoms with Crippen LogP contribution in [0, 0.1) is 0 Å². The fraction of sp³-hybridized carbons (Fsp3) is 0.222. The van der Waals surface area contributed by atoms with Crippen molar-refractivity contribution in [2.24, 2.45) is 0 Å². The number of hydrogen-bond acceptors (Lipinski definition) is 3. The molecule has 3 nitrogen and oxygen atoms in total. The van der Waals surface area contributed by atoms with Crippen LogP contribution in [-0.2, 0) is 0 Å². The predicted molar refractivity (Wildman–Crippen MR) is 80.1 cm³/mol. The van der Waals surface area contributed by atoms with Crippen molar-refractivity contribution < 1.29 is 14.3 Å². The fourth-order valence-corrected chi connectivity index (χ4v) is 2.65. The van der Waals surface area contributed by atoms with Crippen LogP contribution in [0.5, 0.6) is 5.75 Å². The Bertz CT molecular complexity index is 668. The average molecular weight is 280 g/mol. The summed E-state index contributed by atoms with van der Waals surface area (Å²) in [6, 6.07) is 14.3. The third kappa shape index (κ3) is 2.35. The van der Waals surface area contributed by atoms with Gasteiger partial charge in [-0.3, -0.25) is 9.59 Å². The maximum atomic E-state index is 12.5. The van der Waals surface area contributed by atoms with Crippen LogP contribution in [0.15, 0.2) is 48.5 Å². The molecule has 0 N–H and O–H groups in total. The van der Waals surface area contributed by atoms with Crippen molar-refractivity contribution in [3.8, 4) is 5.75 Å². The lowest BCUT2D eigenvalue weighted by Gasteiger charge is -2.10. The van der Waals surface area contributed by atoms with Crippen LogP contribution in [0.2, 0.25) is 0 Å². The molecule has 0 bridgehead atoms.